The Hall–Kier alpha value is -4.02. The highest BCUT2D eigenvalue weighted by Gasteiger charge is 2.51. The number of halogens is 2. The van der Waals surface area contributed by atoms with Gasteiger partial charge in [0, 0.05) is 35.4 Å². The Morgan fingerprint density at radius 1 is 1.00 bits per heavy atom. The van der Waals surface area contributed by atoms with Gasteiger partial charge in [0.25, 0.3) is 0 Å². The van der Waals surface area contributed by atoms with Crippen molar-refractivity contribution in [3.8, 4) is 11.1 Å². The number of anilines is 4. The third-order valence-electron chi connectivity index (χ3n) is 6.93. The number of benzene rings is 3. The van der Waals surface area contributed by atoms with Crippen molar-refractivity contribution >= 4 is 41.0 Å². The zero-order chi connectivity index (χ0) is 26.8. The average Bonchev–Trinajstić information content (AvgIpc) is 3.74. The first-order valence-electron chi connectivity index (χ1n) is 12.8. The van der Waals surface area contributed by atoms with E-state index in [4.69, 9.17) is 0 Å². The number of fused-ring (bicyclic) bond motifs is 4. The monoisotopic (exact) mass is 544 g/mol. The number of carbonyl (C=O) groups is 1. The van der Waals surface area contributed by atoms with E-state index in [1.807, 2.05) is 24.3 Å². The summed E-state index contributed by atoms with van der Waals surface area (Å²) >= 11 is 1.57. The predicted octanol–water partition coefficient (Wildman–Crippen LogP) is 6.25. The standard InChI is InChI=1S/C29H26F2N6OS/c30-20-8-6-19(7-9-20)29(11-12-29)27(38)36-25-10-5-18(15-24(25)31)23-17-33-28-35-21-3-1-4-22(16-21)39-34-14-2-13-32-26(23)37-28/h1,3-10,15-17,34H,2,11-14H2,(H,36,38)(H2,32,33,35,37). The number of amides is 1. The summed E-state index contributed by atoms with van der Waals surface area (Å²) in [5.74, 6) is -0.208. The molecule has 7 nitrogen and oxygen atoms in total. The van der Waals surface area contributed by atoms with Crippen molar-refractivity contribution in [2.75, 3.05) is 29.0 Å². The molecule has 0 saturated heterocycles. The van der Waals surface area contributed by atoms with Gasteiger partial charge in [-0.3, -0.25) is 9.52 Å². The van der Waals surface area contributed by atoms with E-state index >= 15 is 4.39 Å². The molecule has 0 spiro atoms. The van der Waals surface area contributed by atoms with Crippen molar-refractivity contribution in [2.45, 2.75) is 29.6 Å². The summed E-state index contributed by atoms with van der Waals surface area (Å²) in [5, 5.41) is 9.32. The molecule has 2 aliphatic rings. The molecule has 1 aliphatic carbocycles. The van der Waals surface area contributed by atoms with E-state index in [0.29, 0.717) is 42.3 Å². The van der Waals surface area contributed by atoms with Gasteiger partial charge in [-0.2, -0.15) is 4.98 Å². The van der Waals surface area contributed by atoms with Crippen LogP contribution in [0.5, 0.6) is 0 Å². The molecule has 0 unspecified atom stereocenters. The quantitative estimate of drug-likeness (QED) is 0.226. The molecule has 1 aliphatic heterocycles. The summed E-state index contributed by atoms with van der Waals surface area (Å²) in [6, 6.07) is 18.5. The van der Waals surface area contributed by atoms with Crippen molar-refractivity contribution in [3.63, 3.8) is 0 Å². The molecule has 4 aromatic rings. The minimum atomic E-state index is -0.749. The third-order valence-corrected chi connectivity index (χ3v) is 7.76. The van der Waals surface area contributed by atoms with Gasteiger partial charge < -0.3 is 16.0 Å². The van der Waals surface area contributed by atoms with E-state index < -0.39 is 11.2 Å². The van der Waals surface area contributed by atoms with E-state index in [2.05, 4.69) is 30.6 Å². The van der Waals surface area contributed by atoms with Gasteiger partial charge in [0.15, 0.2) is 0 Å². The molecule has 198 valence electrons. The molecule has 1 amide bonds. The van der Waals surface area contributed by atoms with Crippen LogP contribution in [-0.2, 0) is 10.2 Å². The maximum atomic E-state index is 15.3. The van der Waals surface area contributed by atoms with E-state index in [0.717, 1.165) is 29.1 Å². The molecular formula is C29H26F2N6OS. The number of hydrogen-bond donors (Lipinski definition) is 4. The lowest BCUT2D eigenvalue weighted by Gasteiger charge is -2.17. The lowest BCUT2D eigenvalue weighted by Crippen LogP contribution is -2.28. The lowest BCUT2D eigenvalue weighted by atomic mass is 9.95. The highest BCUT2D eigenvalue weighted by atomic mass is 32.2. The van der Waals surface area contributed by atoms with E-state index in [-0.39, 0.29) is 17.4 Å². The van der Waals surface area contributed by atoms with Crippen molar-refractivity contribution in [1.82, 2.24) is 14.7 Å². The topological polar surface area (TPSA) is 91.0 Å². The second-order valence-corrected chi connectivity index (χ2v) is 10.6. The molecule has 0 atom stereocenters. The van der Waals surface area contributed by atoms with Crippen LogP contribution in [0.15, 0.2) is 77.8 Å². The number of hydrogen-bond acceptors (Lipinski definition) is 7. The molecule has 1 aromatic heterocycles. The second kappa shape index (κ2) is 10.6. The minimum Gasteiger partial charge on any atom is -0.369 e. The Balaban J connectivity index is 1.24. The number of aromatic nitrogens is 2. The van der Waals surface area contributed by atoms with Crippen molar-refractivity contribution in [3.05, 3.63) is 90.1 Å². The van der Waals surface area contributed by atoms with Gasteiger partial charge in [-0.25, -0.2) is 13.8 Å². The largest absolute Gasteiger partial charge is 0.369 e. The highest BCUT2D eigenvalue weighted by Crippen LogP contribution is 2.49. The molecule has 2 heterocycles. The molecule has 1 saturated carbocycles. The number of nitrogens with one attached hydrogen (secondary N) is 4. The van der Waals surface area contributed by atoms with E-state index in [1.165, 1.54) is 18.2 Å². The smallest absolute Gasteiger partial charge is 0.235 e. The third kappa shape index (κ3) is 5.43. The van der Waals surface area contributed by atoms with E-state index in [1.54, 1.807) is 42.4 Å². The SMILES string of the molecule is O=C(Nc1ccc(-c2cnc3nc2NCCCNSc2cccc(c2)N3)cc1F)C1(c2ccc(F)cc2)CC1. The lowest BCUT2D eigenvalue weighted by molar-refractivity contribution is -0.118. The van der Waals surface area contributed by atoms with Crippen molar-refractivity contribution < 1.29 is 13.6 Å². The fourth-order valence-electron chi connectivity index (χ4n) is 4.62. The van der Waals surface area contributed by atoms with Gasteiger partial charge in [-0.05, 0) is 84.8 Å². The molecule has 39 heavy (non-hydrogen) atoms. The summed E-state index contributed by atoms with van der Waals surface area (Å²) in [6.45, 7) is 1.46. The van der Waals surface area contributed by atoms with Crippen molar-refractivity contribution in [1.29, 1.82) is 0 Å². The van der Waals surface area contributed by atoms with Gasteiger partial charge in [-0.15, -0.1) is 0 Å². The predicted molar refractivity (Wildman–Crippen MR) is 150 cm³/mol. The number of nitrogens with zero attached hydrogens (tertiary/aromatic N) is 2. The molecule has 4 N–H and O–H groups in total. The fourth-order valence-corrected chi connectivity index (χ4v) is 5.37. The van der Waals surface area contributed by atoms with Gasteiger partial charge in [0.2, 0.25) is 11.9 Å². The molecule has 1 fully saturated rings. The fraction of sp³-hybridized carbons (Fsp3) is 0.207. The normalized spacial score (nSPS) is 15.9. The highest BCUT2D eigenvalue weighted by molar-refractivity contribution is 7.97. The first-order chi connectivity index (χ1) is 19.0. The number of carbonyl (C=O) groups excluding carboxylic acids is 1. The Labute approximate surface area is 229 Å². The zero-order valence-electron chi connectivity index (χ0n) is 20.9. The molecule has 10 heteroatoms. The Kier molecular flexibility index (Phi) is 6.88. The summed E-state index contributed by atoms with van der Waals surface area (Å²) in [7, 11) is 0. The van der Waals surface area contributed by atoms with Crippen molar-refractivity contribution in [2.24, 2.45) is 0 Å². The average molecular weight is 545 g/mol. The van der Waals surface area contributed by atoms with Crippen LogP contribution in [0.1, 0.15) is 24.8 Å². The first-order valence-corrected chi connectivity index (χ1v) is 13.6. The van der Waals surface area contributed by atoms with Crippen LogP contribution in [0.25, 0.3) is 11.1 Å². The van der Waals surface area contributed by atoms with Crippen LogP contribution >= 0.6 is 11.9 Å². The molecular weight excluding hydrogens is 518 g/mol. The minimum absolute atomic E-state index is 0.0905. The maximum absolute atomic E-state index is 15.3. The van der Waals surface area contributed by atoms with Crippen LogP contribution in [0, 0.1) is 11.6 Å². The van der Waals surface area contributed by atoms with Crippen LogP contribution in [0.2, 0.25) is 0 Å². The molecule has 3 aromatic carbocycles. The Bertz CT molecular complexity index is 1530. The van der Waals surface area contributed by atoms with Crippen LogP contribution < -0.4 is 20.7 Å². The van der Waals surface area contributed by atoms with E-state index in [9.17, 15) is 9.18 Å². The number of rotatable bonds is 4. The van der Waals surface area contributed by atoms with Gasteiger partial charge in [0.1, 0.15) is 17.5 Å². The van der Waals surface area contributed by atoms with Crippen LogP contribution in [0.3, 0.4) is 0 Å². The first kappa shape index (κ1) is 25.3. The zero-order valence-corrected chi connectivity index (χ0v) is 21.7. The maximum Gasteiger partial charge on any atom is 0.235 e. The van der Waals surface area contributed by atoms with Gasteiger partial charge in [0.05, 0.1) is 11.1 Å². The summed E-state index contributed by atoms with van der Waals surface area (Å²) in [4.78, 5) is 23.3. The Morgan fingerprint density at radius 2 is 1.85 bits per heavy atom. The molecule has 0 radical (unpaired) electrons. The summed E-state index contributed by atoms with van der Waals surface area (Å²) in [6.07, 6.45) is 3.79. The van der Waals surface area contributed by atoms with Crippen LogP contribution in [-0.4, -0.2) is 29.0 Å². The second-order valence-electron chi connectivity index (χ2n) is 9.62. The summed E-state index contributed by atoms with van der Waals surface area (Å²) in [5.41, 5.74) is 2.16. The van der Waals surface area contributed by atoms with Gasteiger partial charge >= 0.3 is 0 Å². The molecule has 4 bridgehead atoms. The summed E-state index contributed by atoms with van der Waals surface area (Å²) < 4.78 is 32.0. The van der Waals surface area contributed by atoms with Gasteiger partial charge in [-0.1, -0.05) is 24.3 Å². The molecule has 6 rings (SSSR count). The van der Waals surface area contributed by atoms with Crippen LogP contribution in [0.4, 0.5) is 31.9 Å². The Morgan fingerprint density at radius 3 is 2.64 bits per heavy atom.